The van der Waals surface area contributed by atoms with Gasteiger partial charge >= 0.3 is 0 Å². The summed E-state index contributed by atoms with van der Waals surface area (Å²) in [6, 6.07) is 6.03. The minimum absolute atomic E-state index is 0.166. The number of hydrogen-bond acceptors (Lipinski definition) is 2. The first-order valence-corrected chi connectivity index (χ1v) is 7.26. The SMILES string of the molecule is CC1=C(C)Cc2c(c(O)n(-c3cc(C)cc(C)c3)c2O)C1. The van der Waals surface area contributed by atoms with E-state index >= 15 is 0 Å². The smallest absolute Gasteiger partial charge is 0.202 e. The van der Waals surface area contributed by atoms with E-state index in [1.54, 1.807) is 4.57 Å². The van der Waals surface area contributed by atoms with E-state index < -0.39 is 0 Å². The number of rotatable bonds is 1. The van der Waals surface area contributed by atoms with Gasteiger partial charge < -0.3 is 10.2 Å². The third kappa shape index (κ3) is 2.13. The minimum atomic E-state index is 0.166. The highest BCUT2D eigenvalue weighted by molar-refractivity contribution is 5.57. The quantitative estimate of drug-likeness (QED) is 0.779. The van der Waals surface area contributed by atoms with Gasteiger partial charge in [0.05, 0.1) is 5.69 Å². The van der Waals surface area contributed by atoms with E-state index in [1.807, 2.05) is 26.0 Å². The highest BCUT2D eigenvalue weighted by Crippen LogP contribution is 2.42. The van der Waals surface area contributed by atoms with Crippen molar-refractivity contribution in [2.24, 2.45) is 0 Å². The Labute approximate surface area is 125 Å². The molecule has 2 aromatic rings. The van der Waals surface area contributed by atoms with Gasteiger partial charge in [0.25, 0.3) is 0 Å². The lowest BCUT2D eigenvalue weighted by Crippen LogP contribution is -2.03. The van der Waals surface area contributed by atoms with Gasteiger partial charge in [-0.05, 0) is 63.8 Å². The van der Waals surface area contributed by atoms with Crippen molar-refractivity contribution >= 4 is 0 Å². The summed E-state index contributed by atoms with van der Waals surface area (Å²) in [5.74, 6) is 0.332. The highest BCUT2D eigenvalue weighted by Gasteiger charge is 2.26. The first-order chi connectivity index (χ1) is 9.88. The predicted octanol–water partition coefficient (Wildman–Crippen LogP) is 3.94. The minimum Gasteiger partial charge on any atom is -0.494 e. The normalized spacial score (nSPS) is 14.5. The molecule has 0 radical (unpaired) electrons. The lowest BCUT2D eigenvalue weighted by atomic mass is 9.90. The van der Waals surface area contributed by atoms with Crippen LogP contribution in [-0.2, 0) is 12.8 Å². The zero-order chi connectivity index (χ0) is 15.3. The summed E-state index contributed by atoms with van der Waals surface area (Å²) in [4.78, 5) is 0. The predicted molar refractivity (Wildman–Crippen MR) is 84.4 cm³/mol. The van der Waals surface area contributed by atoms with E-state index in [4.69, 9.17) is 0 Å². The number of aromatic nitrogens is 1. The van der Waals surface area contributed by atoms with Crippen LogP contribution in [0.5, 0.6) is 11.8 Å². The maximum absolute atomic E-state index is 10.6. The fraction of sp³-hybridized carbons (Fsp3) is 0.333. The molecule has 0 unspecified atom stereocenters. The van der Waals surface area contributed by atoms with Crippen molar-refractivity contribution in [3.63, 3.8) is 0 Å². The van der Waals surface area contributed by atoms with Gasteiger partial charge in [0, 0.05) is 11.1 Å². The summed E-state index contributed by atoms with van der Waals surface area (Å²) in [5.41, 5.74) is 7.30. The Bertz CT molecular complexity index is 708. The molecule has 3 heteroatoms. The molecular formula is C18H21NO2. The zero-order valence-corrected chi connectivity index (χ0v) is 13.0. The first-order valence-electron chi connectivity index (χ1n) is 7.26. The van der Waals surface area contributed by atoms with Gasteiger partial charge in [-0.25, -0.2) is 0 Å². The first kappa shape index (κ1) is 13.8. The molecule has 1 aromatic carbocycles. The van der Waals surface area contributed by atoms with Crippen molar-refractivity contribution in [1.29, 1.82) is 0 Å². The van der Waals surface area contributed by atoms with Crippen LogP contribution in [0.3, 0.4) is 0 Å². The average Bonchev–Trinajstić information content (AvgIpc) is 2.62. The summed E-state index contributed by atoms with van der Waals surface area (Å²) < 4.78 is 1.57. The van der Waals surface area contributed by atoms with Crippen LogP contribution in [-0.4, -0.2) is 14.8 Å². The Morgan fingerprint density at radius 1 is 0.762 bits per heavy atom. The van der Waals surface area contributed by atoms with Crippen LogP contribution in [0.25, 0.3) is 5.69 Å². The molecule has 0 saturated heterocycles. The number of aryl methyl sites for hydroxylation is 2. The van der Waals surface area contributed by atoms with Gasteiger partial charge in [-0.1, -0.05) is 17.2 Å². The Morgan fingerprint density at radius 3 is 1.62 bits per heavy atom. The largest absolute Gasteiger partial charge is 0.494 e. The molecule has 0 amide bonds. The molecule has 1 heterocycles. The molecule has 0 fully saturated rings. The zero-order valence-electron chi connectivity index (χ0n) is 13.0. The van der Waals surface area contributed by atoms with Gasteiger partial charge in [0.1, 0.15) is 0 Å². The van der Waals surface area contributed by atoms with E-state index in [9.17, 15) is 10.2 Å². The molecular weight excluding hydrogens is 262 g/mol. The number of aromatic hydroxyl groups is 2. The molecule has 1 aliphatic carbocycles. The third-order valence-electron chi connectivity index (χ3n) is 4.40. The average molecular weight is 283 g/mol. The molecule has 110 valence electrons. The second-order valence-electron chi connectivity index (χ2n) is 6.20. The van der Waals surface area contributed by atoms with E-state index in [0.717, 1.165) is 27.9 Å². The van der Waals surface area contributed by atoms with Crippen molar-refractivity contribution in [1.82, 2.24) is 4.57 Å². The molecule has 0 bridgehead atoms. The number of allylic oxidation sites excluding steroid dienone is 2. The van der Waals surface area contributed by atoms with Crippen LogP contribution in [0.15, 0.2) is 29.3 Å². The molecule has 21 heavy (non-hydrogen) atoms. The topological polar surface area (TPSA) is 45.4 Å². The maximum Gasteiger partial charge on any atom is 0.202 e. The summed E-state index contributed by atoms with van der Waals surface area (Å²) >= 11 is 0. The van der Waals surface area contributed by atoms with Crippen molar-refractivity contribution < 1.29 is 10.2 Å². The molecule has 1 aliphatic rings. The summed E-state index contributed by atoms with van der Waals surface area (Å²) in [7, 11) is 0. The molecule has 1 aromatic heterocycles. The number of benzene rings is 1. The van der Waals surface area contributed by atoms with Gasteiger partial charge in [0.2, 0.25) is 11.8 Å². The van der Waals surface area contributed by atoms with Crippen molar-refractivity contribution in [3.05, 3.63) is 51.6 Å². The van der Waals surface area contributed by atoms with Crippen molar-refractivity contribution in [2.45, 2.75) is 40.5 Å². The van der Waals surface area contributed by atoms with Crippen LogP contribution in [0, 0.1) is 13.8 Å². The molecule has 0 atom stereocenters. The van der Waals surface area contributed by atoms with Crippen LogP contribution in [0.1, 0.15) is 36.1 Å². The van der Waals surface area contributed by atoms with Gasteiger partial charge in [-0.2, -0.15) is 0 Å². The third-order valence-corrected chi connectivity index (χ3v) is 4.40. The molecule has 0 spiro atoms. The fourth-order valence-electron chi connectivity index (χ4n) is 3.17. The molecule has 0 aliphatic heterocycles. The number of fused-ring (bicyclic) bond motifs is 1. The second kappa shape index (κ2) is 4.69. The summed E-state index contributed by atoms with van der Waals surface area (Å²) in [6.45, 7) is 8.21. The molecule has 3 rings (SSSR count). The Morgan fingerprint density at radius 2 is 1.19 bits per heavy atom. The Balaban J connectivity index is 2.20. The lowest BCUT2D eigenvalue weighted by Gasteiger charge is -2.15. The summed E-state index contributed by atoms with van der Waals surface area (Å²) in [6.07, 6.45) is 1.41. The fourth-order valence-corrected chi connectivity index (χ4v) is 3.17. The van der Waals surface area contributed by atoms with Gasteiger partial charge in [-0.15, -0.1) is 0 Å². The van der Waals surface area contributed by atoms with E-state index in [2.05, 4.69) is 19.9 Å². The van der Waals surface area contributed by atoms with E-state index in [0.29, 0.717) is 12.8 Å². The Kier molecular flexibility index (Phi) is 3.08. The molecule has 3 nitrogen and oxygen atoms in total. The van der Waals surface area contributed by atoms with Gasteiger partial charge in [0.15, 0.2) is 0 Å². The Hall–Kier alpha value is -2.16. The van der Waals surface area contributed by atoms with E-state index in [1.165, 1.54) is 11.1 Å². The molecule has 0 saturated carbocycles. The molecule has 2 N–H and O–H groups in total. The van der Waals surface area contributed by atoms with Gasteiger partial charge in [-0.3, -0.25) is 4.57 Å². The number of nitrogens with zero attached hydrogens (tertiary/aromatic N) is 1. The lowest BCUT2D eigenvalue weighted by molar-refractivity contribution is 0.399. The second-order valence-corrected chi connectivity index (χ2v) is 6.20. The monoisotopic (exact) mass is 283 g/mol. The maximum atomic E-state index is 10.6. The van der Waals surface area contributed by atoms with Crippen molar-refractivity contribution in [2.75, 3.05) is 0 Å². The van der Waals surface area contributed by atoms with Crippen LogP contribution < -0.4 is 0 Å². The van der Waals surface area contributed by atoms with Crippen molar-refractivity contribution in [3.8, 4) is 17.4 Å². The van der Waals surface area contributed by atoms with E-state index in [-0.39, 0.29) is 11.8 Å². The van der Waals surface area contributed by atoms with Crippen LogP contribution in [0.2, 0.25) is 0 Å². The van der Waals surface area contributed by atoms with Crippen LogP contribution >= 0.6 is 0 Å². The number of hydrogen-bond donors (Lipinski definition) is 2. The highest BCUT2D eigenvalue weighted by atomic mass is 16.3. The standard InChI is InChI=1S/C18H21NO2/c1-10-5-11(2)7-14(6-10)19-17(20)15-8-12(3)13(4)9-16(15)18(19)21/h5-7,20-21H,8-9H2,1-4H3. The van der Waals surface area contributed by atoms with Crippen LogP contribution in [0.4, 0.5) is 0 Å². The summed E-state index contributed by atoms with van der Waals surface area (Å²) in [5, 5.41) is 21.2.